The van der Waals surface area contributed by atoms with Gasteiger partial charge in [-0.3, -0.25) is 0 Å². The summed E-state index contributed by atoms with van der Waals surface area (Å²) < 4.78 is 56.9. The van der Waals surface area contributed by atoms with Crippen molar-refractivity contribution in [1.82, 2.24) is 14.8 Å². The van der Waals surface area contributed by atoms with E-state index in [2.05, 4.69) is 10.1 Å². The van der Waals surface area contributed by atoms with Crippen LogP contribution < -0.4 is 14.2 Å². The van der Waals surface area contributed by atoms with Crippen molar-refractivity contribution in [3.8, 4) is 23.2 Å². The van der Waals surface area contributed by atoms with E-state index in [1.807, 2.05) is 13.8 Å². The average molecular weight is 550 g/mol. The molecule has 0 radical (unpaired) electrons. The summed E-state index contributed by atoms with van der Waals surface area (Å²) in [6.45, 7) is 7.33. The Bertz CT molecular complexity index is 1200. The van der Waals surface area contributed by atoms with Gasteiger partial charge in [-0.05, 0) is 64.3 Å². The molecule has 8 nitrogen and oxygen atoms in total. The summed E-state index contributed by atoms with van der Waals surface area (Å²) in [4.78, 5) is 15.2. The van der Waals surface area contributed by atoms with Gasteiger partial charge in [0, 0.05) is 24.0 Å². The Balaban J connectivity index is 0.00000481. The molecule has 3 aromatic rings. The fraction of sp³-hybridized carbons (Fsp3) is 0.400. The molecule has 0 fully saturated rings. The van der Waals surface area contributed by atoms with E-state index in [-0.39, 0.29) is 43.6 Å². The predicted octanol–water partition coefficient (Wildman–Crippen LogP) is 4.33. The van der Waals surface area contributed by atoms with Gasteiger partial charge in [0.15, 0.2) is 11.4 Å². The number of pyridine rings is 1. The normalized spacial score (nSPS) is 11.5. The van der Waals surface area contributed by atoms with Gasteiger partial charge in [0.25, 0.3) is 0 Å². The van der Waals surface area contributed by atoms with Crippen molar-refractivity contribution >= 4 is 43.7 Å². The molecule has 2 aromatic heterocycles. The van der Waals surface area contributed by atoms with Crippen LogP contribution in [0.25, 0.3) is 5.82 Å². The third-order valence-corrected chi connectivity index (χ3v) is 5.24. The minimum absolute atomic E-state index is 0. The van der Waals surface area contributed by atoms with Crippen molar-refractivity contribution in [3.63, 3.8) is 0 Å². The Kier molecular flexibility index (Phi) is 10.7. The van der Waals surface area contributed by atoms with Crippen LogP contribution in [0.2, 0.25) is 0 Å². The van der Waals surface area contributed by atoms with Crippen LogP contribution in [0.4, 0.5) is 13.2 Å². The van der Waals surface area contributed by atoms with Gasteiger partial charge in [0.2, 0.25) is 5.88 Å². The van der Waals surface area contributed by atoms with Crippen molar-refractivity contribution in [2.24, 2.45) is 0 Å². The second kappa shape index (κ2) is 12.8. The number of alkyl halides is 3. The standard InChI is InChI=1S/C25H28F3N3O5.Ca.2H/c1-5-34-22-17(15-31(30-22)21-11-9-18(14-29-21)25(26,27)28)7-6-12-35-20-13-19(10-8-16(20)2)36-24(3,4)23(32)33;;;/h8-11,13-15H,5-7,12H2,1-4H3,(H,32,33);;;. The number of nitrogens with zero attached hydrogens (tertiary/aromatic N) is 3. The molecule has 3 rings (SSSR count). The first-order valence-corrected chi connectivity index (χ1v) is 11.3. The average Bonchev–Trinajstić information content (AvgIpc) is 3.21. The van der Waals surface area contributed by atoms with E-state index in [9.17, 15) is 23.1 Å². The summed E-state index contributed by atoms with van der Waals surface area (Å²) in [5.41, 5.74) is -0.590. The van der Waals surface area contributed by atoms with E-state index < -0.39 is 23.3 Å². The van der Waals surface area contributed by atoms with Crippen LogP contribution in [0.1, 0.15) is 43.9 Å². The van der Waals surface area contributed by atoms with Crippen LogP contribution in [0.3, 0.4) is 0 Å². The fourth-order valence-corrected chi connectivity index (χ4v) is 3.21. The summed E-state index contributed by atoms with van der Waals surface area (Å²) in [6, 6.07) is 7.33. The number of hydrogen-bond acceptors (Lipinski definition) is 6. The number of carbonyl (C=O) groups is 1. The Labute approximate surface area is 242 Å². The summed E-state index contributed by atoms with van der Waals surface area (Å²) in [6.07, 6.45) is -0.890. The molecule has 198 valence electrons. The Morgan fingerprint density at radius 2 is 1.86 bits per heavy atom. The van der Waals surface area contributed by atoms with Crippen LogP contribution in [0.15, 0.2) is 42.7 Å². The van der Waals surface area contributed by atoms with E-state index in [1.54, 1.807) is 24.4 Å². The van der Waals surface area contributed by atoms with Gasteiger partial charge < -0.3 is 19.3 Å². The van der Waals surface area contributed by atoms with E-state index in [1.165, 1.54) is 24.6 Å². The van der Waals surface area contributed by atoms with Crippen LogP contribution >= 0.6 is 0 Å². The number of rotatable bonds is 11. The summed E-state index contributed by atoms with van der Waals surface area (Å²) in [7, 11) is 0. The second-order valence-corrected chi connectivity index (χ2v) is 8.54. The van der Waals surface area contributed by atoms with Gasteiger partial charge >= 0.3 is 49.9 Å². The van der Waals surface area contributed by atoms with Gasteiger partial charge in [-0.15, -0.1) is 5.10 Å². The number of aliphatic carboxylic acids is 1. The molecule has 0 saturated heterocycles. The molecule has 37 heavy (non-hydrogen) atoms. The Hall–Kier alpha value is -2.50. The van der Waals surface area contributed by atoms with Crippen molar-refractivity contribution < 1.29 is 37.3 Å². The van der Waals surface area contributed by atoms with Crippen LogP contribution in [-0.4, -0.2) is 82.4 Å². The SMILES string of the molecule is CCOc1nn(-c2ccc(C(F)(F)F)cn2)cc1CCCOc1cc(OC(C)(C)C(=O)O)ccc1C.[CaH2]. The maximum atomic E-state index is 12.8. The molecule has 0 aliphatic carbocycles. The molecule has 0 amide bonds. The molecule has 0 saturated carbocycles. The maximum absolute atomic E-state index is 12.8. The van der Waals surface area contributed by atoms with E-state index in [0.717, 1.165) is 23.4 Å². The predicted molar refractivity (Wildman–Crippen MR) is 133 cm³/mol. The van der Waals surface area contributed by atoms with Gasteiger partial charge in [0.05, 0.1) is 18.8 Å². The van der Waals surface area contributed by atoms with Gasteiger partial charge in [-0.2, -0.15) is 13.2 Å². The molecule has 0 aliphatic heterocycles. The number of carboxylic acid groups (broad SMARTS) is 1. The topological polar surface area (TPSA) is 95.7 Å². The fourth-order valence-electron chi connectivity index (χ4n) is 3.21. The number of hydrogen-bond donors (Lipinski definition) is 1. The monoisotopic (exact) mass is 549 g/mol. The van der Waals surface area contributed by atoms with E-state index >= 15 is 0 Å². The number of aryl methyl sites for hydroxylation is 2. The number of aromatic nitrogens is 3. The number of halogens is 3. The van der Waals surface area contributed by atoms with Crippen molar-refractivity contribution in [2.75, 3.05) is 13.2 Å². The summed E-state index contributed by atoms with van der Waals surface area (Å²) >= 11 is 0. The Morgan fingerprint density at radius 1 is 1.14 bits per heavy atom. The zero-order valence-corrected chi connectivity index (χ0v) is 20.4. The minimum atomic E-state index is -4.46. The van der Waals surface area contributed by atoms with E-state index in [0.29, 0.717) is 43.4 Å². The molecule has 1 aromatic carbocycles. The number of ether oxygens (including phenoxy) is 3. The quantitative estimate of drug-likeness (QED) is 0.281. The zero-order valence-electron chi connectivity index (χ0n) is 20.4. The van der Waals surface area contributed by atoms with Crippen molar-refractivity contribution in [3.05, 3.63) is 59.4 Å². The summed E-state index contributed by atoms with van der Waals surface area (Å²) in [5.74, 6) is 0.489. The first-order valence-electron chi connectivity index (χ1n) is 11.3. The molecule has 0 spiro atoms. The third-order valence-electron chi connectivity index (χ3n) is 5.24. The van der Waals surface area contributed by atoms with Crippen LogP contribution in [0.5, 0.6) is 17.4 Å². The molecule has 0 bridgehead atoms. The molecular weight excluding hydrogens is 519 g/mol. The van der Waals surface area contributed by atoms with Crippen molar-refractivity contribution in [1.29, 1.82) is 0 Å². The van der Waals surface area contributed by atoms with Crippen LogP contribution in [0, 0.1) is 6.92 Å². The molecule has 0 aliphatic rings. The van der Waals surface area contributed by atoms with Crippen LogP contribution in [-0.2, 0) is 17.4 Å². The number of benzene rings is 1. The first kappa shape index (κ1) is 30.7. The molecule has 0 unspecified atom stereocenters. The first-order chi connectivity index (χ1) is 16.9. The zero-order chi connectivity index (χ0) is 26.5. The molecule has 0 atom stereocenters. The molecule has 1 N–H and O–H groups in total. The molecule has 2 heterocycles. The van der Waals surface area contributed by atoms with Gasteiger partial charge in [-0.1, -0.05) is 6.07 Å². The summed E-state index contributed by atoms with van der Waals surface area (Å²) in [5, 5.41) is 13.6. The van der Waals surface area contributed by atoms with E-state index in [4.69, 9.17) is 14.2 Å². The molecule has 12 heteroatoms. The number of carboxylic acids is 1. The van der Waals surface area contributed by atoms with Gasteiger partial charge in [0.1, 0.15) is 11.5 Å². The Morgan fingerprint density at radius 3 is 2.46 bits per heavy atom. The van der Waals surface area contributed by atoms with Crippen molar-refractivity contribution in [2.45, 2.75) is 52.3 Å². The molecular formula is C25H30CaF3N3O5. The third kappa shape index (κ3) is 8.24. The second-order valence-electron chi connectivity index (χ2n) is 8.54. The van der Waals surface area contributed by atoms with Gasteiger partial charge in [-0.25, -0.2) is 14.5 Å².